The normalized spacial score (nSPS) is 18.8. The zero-order valence-corrected chi connectivity index (χ0v) is 13.9. The second-order valence-corrected chi connectivity index (χ2v) is 6.61. The summed E-state index contributed by atoms with van der Waals surface area (Å²) in [6.45, 7) is 11.3. The molecule has 5 nitrogen and oxygen atoms in total. The lowest BCUT2D eigenvalue weighted by Crippen LogP contribution is -2.33. The molecule has 1 N–H and O–H groups in total. The van der Waals surface area contributed by atoms with E-state index in [0.29, 0.717) is 6.10 Å². The maximum atomic E-state index is 5.76. The first-order valence-electron chi connectivity index (χ1n) is 7.88. The van der Waals surface area contributed by atoms with Gasteiger partial charge in [0.2, 0.25) is 0 Å². The molecule has 1 aromatic heterocycles. The van der Waals surface area contributed by atoms with E-state index in [2.05, 4.69) is 42.9 Å². The first-order chi connectivity index (χ1) is 9.94. The minimum absolute atomic E-state index is 0.0646. The van der Waals surface area contributed by atoms with Crippen molar-refractivity contribution in [1.82, 2.24) is 9.97 Å². The number of aromatic nitrogens is 2. The van der Waals surface area contributed by atoms with Crippen LogP contribution < -0.4 is 10.2 Å². The average Bonchev–Trinajstić information content (AvgIpc) is 2.96. The zero-order valence-electron chi connectivity index (χ0n) is 13.9. The van der Waals surface area contributed by atoms with Crippen molar-refractivity contribution in [3.8, 4) is 0 Å². The van der Waals surface area contributed by atoms with E-state index in [1.165, 1.54) is 6.42 Å². The highest BCUT2D eigenvalue weighted by molar-refractivity contribution is 5.49. The van der Waals surface area contributed by atoms with E-state index in [1.807, 2.05) is 13.1 Å². The van der Waals surface area contributed by atoms with Gasteiger partial charge in [-0.25, -0.2) is 9.97 Å². The van der Waals surface area contributed by atoms with Gasteiger partial charge in [0, 0.05) is 38.2 Å². The van der Waals surface area contributed by atoms with Crippen LogP contribution in [-0.4, -0.2) is 42.8 Å². The van der Waals surface area contributed by atoms with Crippen LogP contribution in [0.25, 0.3) is 0 Å². The molecule has 0 aliphatic carbocycles. The zero-order chi connectivity index (χ0) is 15.5. The highest BCUT2D eigenvalue weighted by Gasteiger charge is 2.23. The molecule has 2 rings (SSSR count). The highest BCUT2D eigenvalue weighted by atomic mass is 16.5. The van der Waals surface area contributed by atoms with Crippen LogP contribution >= 0.6 is 0 Å². The molecule has 0 radical (unpaired) electrons. The molecule has 5 heteroatoms. The minimum Gasteiger partial charge on any atom is -0.376 e. The Hall–Kier alpha value is -1.36. The molecule has 0 saturated carbocycles. The topological polar surface area (TPSA) is 50.3 Å². The van der Waals surface area contributed by atoms with Crippen LogP contribution in [0.4, 0.5) is 11.6 Å². The van der Waals surface area contributed by atoms with Gasteiger partial charge in [0.25, 0.3) is 0 Å². The molecule has 2 heterocycles. The van der Waals surface area contributed by atoms with E-state index >= 15 is 0 Å². The lowest BCUT2D eigenvalue weighted by Gasteiger charge is -2.27. The number of nitrogens with zero attached hydrogens (tertiary/aromatic N) is 3. The molecule has 1 aliphatic rings. The lowest BCUT2D eigenvalue weighted by molar-refractivity contribution is 0.115. The van der Waals surface area contributed by atoms with Crippen molar-refractivity contribution in [2.75, 3.05) is 37.0 Å². The van der Waals surface area contributed by atoms with E-state index in [1.54, 1.807) is 0 Å². The Morgan fingerprint density at radius 3 is 2.67 bits per heavy atom. The summed E-state index contributed by atoms with van der Waals surface area (Å²) in [5, 5.41) is 3.14. The Kier molecular flexibility index (Phi) is 5.04. The summed E-state index contributed by atoms with van der Waals surface area (Å²) in [5.41, 5.74) is -0.0646. The first kappa shape index (κ1) is 16.0. The summed E-state index contributed by atoms with van der Waals surface area (Å²) < 4.78 is 5.76. The third-order valence-corrected chi connectivity index (χ3v) is 3.79. The molecule has 0 aromatic carbocycles. The van der Waals surface area contributed by atoms with Crippen molar-refractivity contribution >= 4 is 11.6 Å². The summed E-state index contributed by atoms with van der Waals surface area (Å²) in [6, 6.07) is 2.02. The van der Waals surface area contributed by atoms with Gasteiger partial charge in [-0.2, -0.15) is 0 Å². The van der Waals surface area contributed by atoms with Crippen molar-refractivity contribution in [1.29, 1.82) is 0 Å². The number of nitrogens with one attached hydrogen (secondary N) is 1. The third-order valence-electron chi connectivity index (χ3n) is 3.79. The molecule has 1 fully saturated rings. The van der Waals surface area contributed by atoms with E-state index in [0.717, 1.165) is 43.6 Å². The number of likely N-dealkylation sites (N-methyl/N-ethyl adjacent to an activating group) is 1. The molecule has 1 aliphatic heterocycles. The molecule has 0 bridgehead atoms. The summed E-state index contributed by atoms with van der Waals surface area (Å²) in [7, 11) is 1.90. The number of hydrogen-bond acceptors (Lipinski definition) is 5. The van der Waals surface area contributed by atoms with Crippen LogP contribution in [0.15, 0.2) is 6.07 Å². The SMILES string of the molecule is CCN(CC1CCCO1)c1cc(NC)nc(C(C)(C)C)n1. The van der Waals surface area contributed by atoms with Crippen molar-refractivity contribution in [2.45, 2.75) is 52.1 Å². The summed E-state index contributed by atoms with van der Waals surface area (Å²) >= 11 is 0. The van der Waals surface area contributed by atoms with Gasteiger partial charge in [-0.15, -0.1) is 0 Å². The Morgan fingerprint density at radius 1 is 1.38 bits per heavy atom. The van der Waals surface area contributed by atoms with E-state index in [4.69, 9.17) is 9.72 Å². The number of hydrogen-bond donors (Lipinski definition) is 1. The van der Waals surface area contributed by atoms with Crippen LogP contribution in [-0.2, 0) is 10.2 Å². The Balaban J connectivity index is 2.26. The molecule has 1 aromatic rings. The van der Waals surface area contributed by atoms with E-state index in [9.17, 15) is 0 Å². The molecule has 118 valence electrons. The van der Waals surface area contributed by atoms with Crippen molar-refractivity contribution in [3.63, 3.8) is 0 Å². The van der Waals surface area contributed by atoms with Crippen LogP contribution in [0.3, 0.4) is 0 Å². The van der Waals surface area contributed by atoms with E-state index in [-0.39, 0.29) is 5.41 Å². The third kappa shape index (κ3) is 4.06. The molecule has 0 spiro atoms. The molecule has 0 amide bonds. The Bertz CT molecular complexity index is 464. The molecule has 1 atom stereocenters. The standard InChI is InChI=1S/C16H28N4O/c1-6-20(11-12-8-7-9-21-12)14-10-13(17-5)18-15(19-14)16(2,3)4/h10,12H,6-9,11H2,1-5H3,(H,17,18,19). The van der Waals surface area contributed by atoms with Crippen LogP contribution in [0.1, 0.15) is 46.4 Å². The summed E-state index contributed by atoms with van der Waals surface area (Å²) in [4.78, 5) is 11.7. The summed E-state index contributed by atoms with van der Waals surface area (Å²) in [5.74, 6) is 2.73. The number of rotatable bonds is 5. The van der Waals surface area contributed by atoms with Gasteiger partial charge in [-0.1, -0.05) is 20.8 Å². The summed E-state index contributed by atoms with van der Waals surface area (Å²) in [6.07, 6.45) is 2.64. The van der Waals surface area contributed by atoms with Gasteiger partial charge >= 0.3 is 0 Å². The number of anilines is 2. The predicted molar refractivity (Wildman–Crippen MR) is 87.1 cm³/mol. The van der Waals surface area contributed by atoms with Crippen LogP contribution in [0.5, 0.6) is 0 Å². The predicted octanol–water partition coefficient (Wildman–Crippen LogP) is 2.82. The lowest BCUT2D eigenvalue weighted by atomic mass is 9.96. The second kappa shape index (κ2) is 6.60. The average molecular weight is 292 g/mol. The Morgan fingerprint density at radius 2 is 2.14 bits per heavy atom. The highest BCUT2D eigenvalue weighted by Crippen LogP contribution is 2.25. The van der Waals surface area contributed by atoms with Gasteiger partial charge in [-0.05, 0) is 19.8 Å². The molecule has 21 heavy (non-hydrogen) atoms. The fourth-order valence-electron chi connectivity index (χ4n) is 2.48. The van der Waals surface area contributed by atoms with Gasteiger partial charge in [0.05, 0.1) is 6.10 Å². The molecular weight excluding hydrogens is 264 g/mol. The minimum atomic E-state index is -0.0646. The van der Waals surface area contributed by atoms with Gasteiger partial charge < -0.3 is 15.0 Å². The largest absolute Gasteiger partial charge is 0.376 e. The van der Waals surface area contributed by atoms with Gasteiger partial charge in [0.1, 0.15) is 17.5 Å². The molecular formula is C16H28N4O. The van der Waals surface area contributed by atoms with E-state index < -0.39 is 0 Å². The van der Waals surface area contributed by atoms with Crippen molar-refractivity contribution in [2.24, 2.45) is 0 Å². The molecule has 1 unspecified atom stereocenters. The smallest absolute Gasteiger partial charge is 0.138 e. The van der Waals surface area contributed by atoms with Crippen LogP contribution in [0.2, 0.25) is 0 Å². The van der Waals surface area contributed by atoms with Crippen molar-refractivity contribution in [3.05, 3.63) is 11.9 Å². The fraction of sp³-hybridized carbons (Fsp3) is 0.750. The second-order valence-electron chi connectivity index (χ2n) is 6.61. The maximum Gasteiger partial charge on any atom is 0.138 e. The van der Waals surface area contributed by atoms with Gasteiger partial charge in [0.15, 0.2) is 0 Å². The first-order valence-corrected chi connectivity index (χ1v) is 7.88. The van der Waals surface area contributed by atoms with Crippen LogP contribution in [0, 0.1) is 0 Å². The fourth-order valence-corrected chi connectivity index (χ4v) is 2.48. The Labute approximate surface area is 128 Å². The monoisotopic (exact) mass is 292 g/mol. The number of ether oxygens (including phenoxy) is 1. The quantitative estimate of drug-likeness (QED) is 0.904. The maximum absolute atomic E-state index is 5.76. The van der Waals surface area contributed by atoms with Crippen molar-refractivity contribution < 1.29 is 4.74 Å². The van der Waals surface area contributed by atoms with Gasteiger partial charge in [-0.3, -0.25) is 0 Å². The molecule has 1 saturated heterocycles.